The van der Waals surface area contributed by atoms with Crippen molar-refractivity contribution in [3.63, 3.8) is 0 Å². The molecular formula is C17H27NO. The molecule has 1 unspecified atom stereocenters. The molecule has 0 amide bonds. The van der Waals surface area contributed by atoms with Crippen LogP contribution in [0.4, 0.5) is 0 Å². The van der Waals surface area contributed by atoms with E-state index in [9.17, 15) is 0 Å². The standard InChI is InChI=1S/C17H27NO/c1-2-19-17-11-5-9-15(13-17)7-3-4-8-16-10-6-12-18-14-16/h5,9,11,13,16,18H,2-4,6-8,10,12,14H2,1H3. The highest BCUT2D eigenvalue weighted by atomic mass is 16.5. The monoisotopic (exact) mass is 261 g/mol. The van der Waals surface area contributed by atoms with Crippen molar-refractivity contribution in [1.29, 1.82) is 0 Å². The molecule has 2 nitrogen and oxygen atoms in total. The minimum atomic E-state index is 0.748. The average molecular weight is 261 g/mol. The van der Waals surface area contributed by atoms with Gasteiger partial charge in [0, 0.05) is 0 Å². The van der Waals surface area contributed by atoms with Crippen LogP contribution in [0.1, 0.15) is 44.6 Å². The number of hydrogen-bond acceptors (Lipinski definition) is 2. The first-order valence-corrected chi connectivity index (χ1v) is 7.81. The molecule has 0 bridgehead atoms. The molecule has 1 saturated heterocycles. The van der Waals surface area contributed by atoms with Crippen molar-refractivity contribution in [2.45, 2.75) is 45.4 Å². The number of ether oxygens (including phenoxy) is 1. The highest BCUT2D eigenvalue weighted by molar-refractivity contribution is 5.28. The summed E-state index contributed by atoms with van der Waals surface area (Å²) in [5.41, 5.74) is 1.41. The van der Waals surface area contributed by atoms with Crippen molar-refractivity contribution in [2.75, 3.05) is 19.7 Å². The topological polar surface area (TPSA) is 21.3 Å². The molecule has 0 saturated carbocycles. The molecule has 1 N–H and O–H groups in total. The second kappa shape index (κ2) is 8.21. The van der Waals surface area contributed by atoms with E-state index in [1.807, 2.05) is 13.0 Å². The molecule has 1 aromatic carbocycles. The van der Waals surface area contributed by atoms with Crippen molar-refractivity contribution < 1.29 is 4.74 Å². The Morgan fingerprint density at radius 3 is 3.05 bits per heavy atom. The van der Waals surface area contributed by atoms with Crippen LogP contribution in [0.5, 0.6) is 5.75 Å². The molecular weight excluding hydrogens is 234 g/mol. The van der Waals surface area contributed by atoms with Gasteiger partial charge in [-0.3, -0.25) is 0 Å². The third kappa shape index (κ3) is 5.23. The van der Waals surface area contributed by atoms with Gasteiger partial charge in [0.15, 0.2) is 0 Å². The summed E-state index contributed by atoms with van der Waals surface area (Å²) < 4.78 is 5.54. The summed E-state index contributed by atoms with van der Waals surface area (Å²) in [6.45, 7) is 5.24. The third-order valence-electron chi connectivity index (χ3n) is 3.94. The van der Waals surface area contributed by atoms with Crippen LogP contribution in [-0.2, 0) is 6.42 Å². The molecule has 1 fully saturated rings. The van der Waals surface area contributed by atoms with Gasteiger partial charge in [0.2, 0.25) is 0 Å². The molecule has 2 heteroatoms. The maximum atomic E-state index is 5.54. The van der Waals surface area contributed by atoms with Gasteiger partial charge in [0.1, 0.15) is 5.75 Å². The van der Waals surface area contributed by atoms with Crippen LogP contribution in [0, 0.1) is 5.92 Å². The van der Waals surface area contributed by atoms with E-state index in [0.717, 1.165) is 18.3 Å². The molecule has 106 valence electrons. The maximum Gasteiger partial charge on any atom is 0.119 e. The summed E-state index contributed by atoms with van der Waals surface area (Å²) in [6, 6.07) is 8.54. The van der Waals surface area contributed by atoms with Gasteiger partial charge in [0.25, 0.3) is 0 Å². The lowest BCUT2D eigenvalue weighted by molar-refractivity contribution is 0.339. The van der Waals surface area contributed by atoms with Gasteiger partial charge in [-0.1, -0.05) is 18.6 Å². The zero-order valence-corrected chi connectivity index (χ0v) is 12.2. The summed E-state index contributed by atoms with van der Waals surface area (Å²) >= 11 is 0. The quantitative estimate of drug-likeness (QED) is 0.754. The number of unbranched alkanes of at least 4 members (excludes halogenated alkanes) is 1. The van der Waals surface area contributed by atoms with Crippen LogP contribution in [-0.4, -0.2) is 19.7 Å². The molecule has 1 aliphatic heterocycles. The number of piperidine rings is 1. The van der Waals surface area contributed by atoms with Gasteiger partial charge >= 0.3 is 0 Å². The van der Waals surface area contributed by atoms with Crippen LogP contribution >= 0.6 is 0 Å². The predicted octanol–water partition coefficient (Wildman–Crippen LogP) is 3.80. The second-order valence-electron chi connectivity index (χ2n) is 5.54. The van der Waals surface area contributed by atoms with E-state index in [2.05, 4.69) is 23.5 Å². The van der Waals surface area contributed by atoms with E-state index in [1.54, 1.807) is 0 Å². The van der Waals surface area contributed by atoms with Crippen LogP contribution in [0.3, 0.4) is 0 Å². The van der Waals surface area contributed by atoms with Crippen LogP contribution in [0.25, 0.3) is 0 Å². The molecule has 0 spiro atoms. The molecule has 0 aliphatic carbocycles. The van der Waals surface area contributed by atoms with E-state index in [1.165, 1.54) is 57.2 Å². The maximum absolute atomic E-state index is 5.54. The van der Waals surface area contributed by atoms with E-state index in [0.29, 0.717) is 0 Å². The largest absolute Gasteiger partial charge is 0.494 e. The van der Waals surface area contributed by atoms with Gasteiger partial charge in [-0.05, 0) is 75.7 Å². The molecule has 1 heterocycles. The fourth-order valence-corrected chi connectivity index (χ4v) is 2.89. The first kappa shape index (κ1) is 14.4. The van der Waals surface area contributed by atoms with Crippen LogP contribution in [0.15, 0.2) is 24.3 Å². The first-order valence-electron chi connectivity index (χ1n) is 7.81. The summed E-state index contributed by atoms with van der Waals surface area (Å²) in [7, 11) is 0. The molecule has 0 radical (unpaired) electrons. The lowest BCUT2D eigenvalue weighted by atomic mass is 9.93. The Bertz CT molecular complexity index is 358. The lowest BCUT2D eigenvalue weighted by Crippen LogP contribution is -2.29. The summed E-state index contributed by atoms with van der Waals surface area (Å²) in [5.74, 6) is 1.93. The molecule has 0 aromatic heterocycles. The van der Waals surface area contributed by atoms with E-state index in [-0.39, 0.29) is 0 Å². The Morgan fingerprint density at radius 2 is 2.26 bits per heavy atom. The highest BCUT2D eigenvalue weighted by Gasteiger charge is 2.11. The van der Waals surface area contributed by atoms with E-state index < -0.39 is 0 Å². The number of nitrogens with one attached hydrogen (secondary N) is 1. The van der Waals surface area contributed by atoms with Crippen molar-refractivity contribution in [3.05, 3.63) is 29.8 Å². The normalized spacial score (nSPS) is 19.3. The fraction of sp³-hybridized carbons (Fsp3) is 0.647. The SMILES string of the molecule is CCOc1cccc(CCCCC2CCCNC2)c1. The predicted molar refractivity (Wildman–Crippen MR) is 80.8 cm³/mol. The number of aryl methyl sites for hydroxylation is 1. The second-order valence-corrected chi connectivity index (χ2v) is 5.54. The van der Waals surface area contributed by atoms with Gasteiger partial charge in [-0.15, -0.1) is 0 Å². The first-order chi connectivity index (χ1) is 9.38. The van der Waals surface area contributed by atoms with Crippen molar-refractivity contribution in [1.82, 2.24) is 5.32 Å². The Hall–Kier alpha value is -1.02. The Labute approximate surface area is 117 Å². The van der Waals surface area contributed by atoms with E-state index >= 15 is 0 Å². The van der Waals surface area contributed by atoms with Gasteiger partial charge in [0.05, 0.1) is 6.61 Å². The lowest BCUT2D eigenvalue weighted by Gasteiger charge is -2.22. The van der Waals surface area contributed by atoms with Gasteiger partial charge in [-0.25, -0.2) is 0 Å². The van der Waals surface area contributed by atoms with Crippen molar-refractivity contribution in [3.8, 4) is 5.75 Å². The Kier molecular flexibility index (Phi) is 6.22. The van der Waals surface area contributed by atoms with Crippen molar-refractivity contribution >= 4 is 0 Å². The Balaban J connectivity index is 1.65. The van der Waals surface area contributed by atoms with Gasteiger partial charge < -0.3 is 10.1 Å². The average Bonchev–Trinajstić information content (AvgIpc) is 2.46. The minimum absolute atomic E-state index is 0.748. The minimum Gasteiger partial charge on any atom is -0.494 e. The van der Waals surface area contributed by atoms with Crippen LogP contribution < -0.4 is 10.1 Å². The fourth-order valence-electron chi connectivity index (χ4n) is 2.89. The zero-order chi connectivity index (χ0) is 13.3. The summed E-state index contributed by atoms with van der Waals surface area (Å²) in [5, 5.41) is 3.50. The van der Waals surface area contributed by atoms with Gasteiger partial charge in [-0.2, -0.15) is 0 Å². The third-order valence-corrected chi connectivity index (χ3v) is 3.94. The number of rotatable bonds is 7. The Morgan fingerprint density at radius 1 is 1.32 bits per heavy atom. The molecule has 1 atom stereocenters. The van der Waals surface area contributed by atoms with Crippen LogP contribution in [0.2, 0.25) is 0 Å². The summed E-state index contributed by atoms with van der Waals surface area (Å²) in [6.07, 6.45) is 8.00. The van der Waals surface area contributed by atoms with Crippen molar-refractivity contribution in [2.24, 2.45) is 5.92 Å². The summed E-state index contributed by atoms with van der Waals surface area (Å²) in [4.78, 5) is 0. The highest BCUT2D eigenvalue weighted by Crippen LogP contribution is 2.19. The smallest absolute Gasteiger partial charge is 0.119 e. The number of hydrogen-bond donors (Lipinski definition) is 1. The zero-order valence-electron chi connectivity index (χ0n) is 12.2. The van der Waals surface area contributed by atoms with E-state index in [4.69, 9.17) is 4.74 Å². The molecule has 19 heavy (non-hydrogen) atoms. The molecule has 1 aromatic rings. The molecule has 2 rings (SSSR count). The molecule has 1 aliphatic rings. The number of benzene rings is 1.